The lowest BCUT2D eigenvalue weighted by Gasteiger charge is -2.11. The van der Waals surface area contributed by atoms with Crippen LogP contribution in [-0.2, 0) is 0 Å². The molecule has 20 heavy (non-hydrogen) atoms. The van der Waals surface area contributed by atoms with Gasteiger partial charge in [-0.05, 0) is 50.1 Å². The van der Waals surface area contributed by atoms with Crippen LogP contribution in [0.3, 0.4) is 0 Å². The summed E-state index contributed by atoms with van der Waals surface area (Å²) in [5.74, 6) is -0.226. The summed E-state index contributed by atoms with van der Waals surface area (Å²) in [5.41, 5.74) is 5.52. The molecule has 1 aromatic heterocycles. The zero-order valence-corrected chi connectivity index (χ0v) is 12.4. The normalized spacial score (nSPS) is 11.0. The number of aryl methyl sites for hydroxylation is 3. The van der Waals surface area contributed by atoms with Gasteiger partial charge in [0.1, 0.15) is 5.82 Å². The Morgan fingerprint density at radius 3 is 2.45 bits per heavy atom. The Morgan fingerprint density at radius 1 is 1.05 bits per heavy atom. The summed E-state index contributed by atoms with van der Waals surface area (Å²) in [6, 6.07) is 8.95. The van der Waals surface area contributed by atoms with Gasteiger partial charge in [-0.2, -0.15) is 0 Å². The first kappa shape index (κ1) is 13.1. The fourth-order valence-corrected chi connectivity index (χ4v) is 3.33. The van der Waals surface area contributed by atoms with E-state index in [0.717, 1.165) is 21.0 Å². The van der Waals surface area contributed by atoms with Crippen LogP contribution in [0.4, 0.5) is 15.2 Å². The number of hydrogen-bond acceptors (Lipinski definition) is 3. The monoisotopic (exact) mass is 286 g/mol. The largest absolute Gasteiger partial charge is 0.331 e. The molecule has 0 saturated heterocycles. The molecule has 1 N–H and O–H groups in total. The molecule has 3 rings (SSSR count). The number of fused-ring (bicyclic) bond motifs is 1. The van der Waals surface area contributed by atoms with Crippen molar-refractivity contribution in [3.8, 4) is 0 Å². The zero-order chi connectivity index (χ0) is 14.3. The Balaban J connectivity index is 2.01. The predicted octanol–water partition coefficient (Wildman–Crippen LogP) is 5.10. The van der Waals surface area contributed by atoms with Gasteiger partial charge in [-0.15, -0.1) is 0 Å². The van der Waals surface area contributed by atoms with Crippen molar-refractivity contribution in [2.24, 2.45) is 0 Å². The van der Waals surface area contributed by atoms with E-state index in [1.807, 2.05) is 0 Å². The molecule has 0 radical (unpaired) electrons. The third-order valence-electron chi connectivity index (χ3n) is 3.26. The maximum atomic E-state index is 13.2. The van der Waals surface area contributed by atoms with Crippen LogP contribution in [0.5, 0.6) is 0 Å². The predicted molar refractivity (Wildman–Crippen MR) is 83.5 cm³/mol. The molecule has 0 fully saturated rings. The van der Waals surface area contributed by atoms with Crippen molar-refractivity contribution in [2.45, 2.75) is 20.8 Å². The van der Waals surface area contributed by atoms with E-state index in [0.29, 0.717) is 0 Å². The first-order chi connectivity index (χ1) is 9.52. The highest BCUT2D eigenvalue weighted by atomic mass is 32.1. The number of aromatic nitrogens is 1. The van der Waals surface area contributed by atoms with Crippen LogP contribution in [0.25, 0.3) is 10.2 Å². The lowest BCUT2D eigenvalue weighted by Crippen LogP contribution is -1.96. The molecular formula is C16H15FN2S. The number of anilines is 2. The standard InChI is InChI=1S/C16H15FN2S/c1-9-6-10(2)15(11(3)7-9)19-16-18-13-5-4-12(17)8-14(13)20-16/h4-8H,1-3H3,(H,18,19). The molecule has 1 heterocycles. The van der Waals surface area contributed by atoms with Gasteiger partial charge in [0, 0.05) is 5.69 Å². The van der Waals surface area contributed by atoms with Crippen LogP contribution in [-0.4, -0.2) is 4.98 Å². The van der Waals surface area contributed by atoms with Crippen LogP contribution < -0.4 is 5.32 Å². The van der Waals surface area contributed by atoms with E-state index in [1.165, 1.54) is 40.2 Å². The van der Waals surface area contributed by atoms with Crippen LogP contribution >= 0.6 is 11.3 Å². The fraction of sp³-hybridized carbons (Fsp3) is 0.188. The van der Waals surface area contributed by atoms with Crippen LogP contribution in [0.15, 0.2) is 30.3 Å². The first-order valence-corrected chi connectivity index (χ1v) is 7.25. The molecule has 0 unspecified atom stereocenters. The third-order valence-corrected chi connectivity index (χ3v) is 4.19. The van der Waals surface area contributed by atoms with E-state index < -0.39 is 0 Å². The minimum absolute atomic E-state index is 0.226. The molecule has 0 aliphatic rings. The molecule has 2 nitrogen and oxygen atoms in total. The number of nitrogens with zero attached hydrogens (tertiary/aromatic N) is 1. The van der Waals surface area contributed by atoms with Gasteiger partial charge in [-0.25, -0.2) is 9.37 Å². The molecule has 0 aliphatic heterocycles. The van der Waals surface area contributed by atoms with Crippen molar-refractivity contribution in [2.75, 3.05) is 5.32 Å². The van der Waals surface area contributed by atoms with Crippen molar-refractivity contribution >= 4 is 32.4 Å². The highest BCUT2D eigenvalue weighted by Crippen LogP contribution is 2.31. The summed E-state index contributed by atoms with van der Waals surface area (Å²) >= 11 is 1.47. The molecule has 102 valence electrons. The smallest absolute Gasteiger partial charge is 0.188 e. The van der Waals surface area contributed by atoms with E-state index in [1.54, 1.807) is 6.07 Å². The fourth-order valence-electron chi connectivity index (χ4n) is 2.44. The Bertz CT molecular complexity index is 769. The molecule has 0 amide bonds. The van der Waals surface area contributed by atoms with Gasteiger partial charge in [0.15, 0.2) is 5.13 Å². The zero-order valence-electron chi connectivity index (χ0n) is 11.6. The van der Waals surface area contributed by atoms with Gasteiger partial charge in [-0.3, -0.25) is 0 Å². The van der Waals surface area contributed by atoms with Gasteiger partial charge in [0.05, 0.1) is 10.2 Å². The quantitative estimate of drug-likeness (QED) is 0.708. The molecule has 0 spiro atoms. The highest BCUT2D eigenvalue weighted by molar-refractivity contribution is 7.22. The second-order valence-corrected chi connectivity index (χ2v) is 6.06. The Labute approximate surface area is 121 Å². The van der Waals surface area contributed by atoms with Crippen LogP contribution in [0.1, 0.15) is 16.7 Å². The third kappa shape index (κ3) is 2.39. The molecular weight excluding hydrogens is 271 g/mol. The number of nitrogens with one attached hydrogen (secondary N) is 1. The summed E-state index contributed by atoms with van der Waals surface area (Å²) in [5, 5.41) is 4.15. The summed E-state index contributed by atoms with van der Waals surface area (Å²) < 4.78 is 14.1. The summed E-state index contributed by atoms with van der Waals surface area (Å²) in [6.45, 7) is 6.24. The molecule has 0 saturated carbocycles. The molecule has 3 aromatic rings. The lowest BCUT2D eigenvalue weighted by atomic mass is 10.1. The van der Waals surface area contributed by atoms with Gasteiger partial charge in [-0.1, -0.05) is 29.0 Å². The number of benzene rings is 2. The molecule has 0 atom stereocenters. The average molecular weight is 286 g/mol. The SMILES string of the molecule is Cc1cc(C)c(Nc2nc3ccc(F)cc3s2)c(C)c1. The maximum absolute atomic E-state index is 13.2. The van der Waals surface area contributed by atoms with E-state index in [2.05, 4.69) is 43.2 Å². The number of thiazole rings is 1. The molecule has 0 bridgehead atoms. The summed E-state index contributed by atoms with van der Waals surface area (Å²) in [4.78, 5) is 4.49. The minimum Gasteiger partial charge on any atom is -0.331 e. The summed E-state index contributed by atoms with van der Waals surface area (Å²) in [7, 11) is 0. The van der Waals surface area contributed by atoms with Crippen LogP contribution in [0.2, 0.25) is 0 Å². The molecule has 2 aromatic carbocycles. The van der Waals surface area contributed by atoms with Crippen molar-refractivity contribution < 1.29 is 4.39 Å². The summed E-state index contributed by atoms with van der Waals surface area (Å²) in [6.07, 6.45) is 0. The van der Waals surface area contributed by atoms with E-state index in [9.17, 15) is 4.39 Å². The van der Waals surface area contributed by atoms with Crippen LogP contribution in [0, 0.1) is 26.6 Å². The number of hydrogen-bond donors (Lipinski definition) is 1. The Kier molecular flexibility index (Phi) is 3.18. The van der Waals surface area contributed by atoms with E-state index in [4.69, 9.17) is 0 Å². The first-order valence-electron chi connectivity index (χ1n) is 6.44. The molecule has 0 aliphatic carbocycles. The van der Waals surface area contributed by atoms with Gasteiger partial charge in [0.25, 0.3) is 0 Å². The Morgan fingerprint density at radius 2 is 1.75 bits per heavy atom. The maximum Gasteiger partial charge on any atom is 0.188 e. The van der Waals surface area contributed by atoms with E-state index >= 15 is 0 Å². The minimum atomic E-state index is -0.226. The number of rotatable bonds is 2. The van der Waals surface area contributed by atoms with Gasteiger partial charge >= 0.3 is 0 Å². The second-order valence-electron chi connectivity index (χ2n) is 5.03. The number of halogens is 1. The Hall–Kier alpha value is -1.94. The average Bonchev–Trinajstić information content (AvgIpc) is 2.75. The van der Waals surface area contributed by atoms with E-state index in [-0.39, 0.29) is 5.82 Å². The molecule has 4 heteroatoms. The van der Waals surface area contributed by atoms with Gasteiger partial charge < -0.3 is 5.32 Å². The van der Waals surface area contributed by atoms with Gasteiger partial charge in [0.2, 0.25) is 0 Å². The topological polar surface area (TPSA) is 24.9 Å². The van der Waals surface area contributed by atoms with Crippen molar-refractivity contribution in [1.82, 2.24) is 4.98 Å². The van der Waals surface area contributed by atoms with Crippen molar-refractivity contribution in [3.63, 3.8) is 0 Å². The van der Waals surface area contributed by atoms with Crippen molar-refractivity contribution in [3.05, 3.63) is 52.8 Å². The lowest BCUT2D eigenvalue weighted by molar-refractivity contribution is 0.630. The van der Waals surface area contributed by atoms with Crippen molar-refractivity contribution in [1.29, 1.82) is 0 Å². The second kappa shape index (κ2) is 4.87. The highest BCUT2D eigenvalue weighted by Gasteiger charge is 2.08.